The van der Waals surface area contributed by atoms with E-state index in [1.165, 1.54) is 55.5 Å². The van der Waals surface area contributed by atoms with Gasteiger partial charge >= 0.3 is 27.9 Å². The maximum absolute atomic E-state index is 11.1. The molecule has 5 rings (SSSR count). The molecule has 1 saturated heterocycles. The second-order valence-corrected chi connectivity index (χ2v) is 16.7. The Bertz CT molecular complexity index is 2310. The van der Waals surface area contributed by atoms with Crippen molar-refractivity contribution in [3.63, 3.8) is 0 Å². The van der Waals surface area contributed by atoms with Crippen LogP contribution in [-0.2, 0) is 32.5 Å². The van der Waals surface area contributed by atoms with E-state index >= 15 is 0 Å². The molecule has 25 heteroatoms. The van der Waals surface area contributed by atoms with Gasteiger partial charge in [0.05, 0.1) is 25.8 Å². The minimum atomic E-state index is -6.09. The third kappa shape index (κ3) is 23.4. The number of nitro benzene ring substituents is 4. The van der Waals surface area contributed by atoms with E-state index in [0.717, 1.165) is 74.6 Å². The number of non-ortho nitro benzene ring substituents is 4. The molecule has 0 amide bonds. The van der Waals surface area contributed by atoms with Gasteiger partial charge in [-0.15, -0.1) is 0 Å². The van der Waals surface area contributed by atoms with Gasteiger partial charge in [-0.25, -0.2) is 8.42 Å². The molecule has 0 saturated carbocycles. The van der Waals surface area contributed by atoms with Crippen molar-refractivity contribution < 1.29 is 68.2 Å². The Hall–Kier alpha value is -6.79. The number of nitriles is 1. The molecule has 1 aliphatic heterocycles. The van der Waals surface area contributed by atoms with E-state index in [1.54, 1.807) is 54.6 Å². The molecule has 388 valence electrons. The van der Waals surface area contributed by atoms with E-state index in [0.29, 0.717) is 26.2 Å². The molecule has 1 aliphatic rings. The maximum atomic E-state index is 11.1. The molecule has 0 N–H and O–H groups in total. The van der Waals surface area contributed by atoms with Crippen molar-refractivity contribution in [3.8, 4) is 6.07 Å². The fraction of sp³-hybridized carbons (Fsp3) is 0.298. The zero-order chi connectivity index (χ0) is 52.4. The number of rotatable bonds is 16. The fourth-order valence-corrected chi connectivity index (χ4v) is 6.49. The minimum Gasteiger partial charge on any atom is -0.741 e. The molecule has 20 nitrogen and oxygen atoms in total. The van der Waals surface area contributed by atoms with Crippen LogP contribution in [0.5, 0.6) is 0 Å². The zero-order valence-electron chi connectivity index (χ0n) is 38.7. The summed E-state index contributed by atoms with van der Waals surface area (Å²) in [6.07, 6.45) is 16.2. The van der Waals surface area contributed by atoms with Crippen LogP contribution in [0.2, 0.25) is 0 Å². The molecule has 0 bridgehead atoms. The van der Waals surface area contributed by atoms with Crippen LogP contribution in [0.4, 0.5) is 35.9 Å². The van der Waals surface area contributed by atoms with Gasteiger partial charge in [0, 0.05) is 134 Å². The van der Waals surface area contributed by atoms with Gasteiger partial charge in [0.15, 0.2) is 10.1 Å². The molecule has 0 aliphatic carbocycles. The van der Waals surface area contributed by atoms with E-state index in [2.05, 4.69) is 43.9 Å². The van der Waals surface area contributed by atoms with E-state index in [9.17, 15) is 53.6 Å². The number of hydrogen-bond donors (Lipinski definition) is 0. The van der Waals surface area contributed by atoms with Crippen molar-refractivity contribution in [1.82, 2.24) is 19.6 Å². The topological polar surface area (TPSA) is 267 Å². The van der Waals surface area contributed by atoms with Crippen LogP contribution in [-0.4, -0.2) is 136 Å². The standard InChI is InChI=1S/C44H48N8O8.C2H3N.CHF3O3S.Ag/c53-49(54)41-17-9-37(10-18-41)5-1-25-45-29-31-46(26-2-6-38-11-19-42(20-12-38)50(55)56)33-35-48(28-4-8-40-15-23-44(24-16-40)52(59)60)36-34-47(32-30-45)27-3-7-39-13-21-43(22-14-39)51(57)58;1-2-3;2-1(3,4)8(5,6)7;/h1-24H,25-36H2;1H3;(H,5,6,7);/q;;;+1/p-1/b5-1+,6-2+,7-3+,8-4+;;;. The second kappa shape index (κ2) is 31.5. The Kier molecular flexibility index (Phi) is 26.9. The van der Waals surface area contributed by atoms with Crippen LogP contribution in [0.15, 0.2) is 121 Å². The van der Waals surface area contributed by atoms with Crippen LogP contribution < -0.4 is 0 Å². The molecule has 4 aromatic rings. The van der Waals surface area contributed by atoms with Crippen molar-refractivity contribution in [3.05, 3.63) is 184 Å². The van der Waals surface area contributed by atoms with Crippen molar-refractivity contribution in [1.29, 1.82) is 5.26 Å². The Morgan fingerprint density at radius 1 is 0.486 bits per heavy atom. The summed E-state index contributed by atoms with van der Waals surface area (Å²) in [4.78, 5) is 52.4. The number of hydrogen-bond acceptors (Lipinski definition) is 16. The molecule has 0 aromatic heterocycles. The Labute approximate surface area is 429 Å². The largest absolute Gasteiger partial charge is 1.00 e. The first-order valence-electron chi connectivity index (χ1n) is 21.6. The molecule has 1 fully saturated rings. The van der Waals surface area contributed by atoms with Gasteiger partial charge in [-0.1, -0.05) is 48.6 Å². The van der Waals surface area contributed by atoms with E-state index < -0.39 is 35.3 Å². The molecular formula is C47H51AgF3N9O11S. The molecular weight excluding hydrogens is 1060 g/mol. The second-order valence-electron chi connectivity index (χ2n) is 15.3. The first-order chi connectivity index (χ1) is 33.7. The molecule has 0 atom stereocenters. The predicted octanol–water partition coefficient (Wildman–Crippen LogP) is 8.27. The van der Waals surface area contributed by atoms with Crippen LogP contribution in [0.3, 0.4) is 0 Å². The average Bonchev–Trinajstić information content (AvgIpc) is 3.32. The number of nitro groups is 4. The fourth-order valence-electron chi connectivity index (χ4n) is 6.49. The molecule has 0 unspecified atom stereocenters. The summed E-state index contributed by atoms with van der Waals surface area (Å²) in [7, 11) is -6.09. The molecule has 0 radical (unpaired) electrons. The minimum absolute atomic E-state index is 0. The predicted molar refractivity (Wildman–Crippen MR) is 261 cm³/mol. The normalized spacial score (nSPS) is 14.8. The summed E-state index contributed by atoms with van der Waals surface area (Å²) < 4.78 is 58.9. The molecule has 1 heterocycles. The summed E-state index contributed by atoms with van der Waals surface area (Å²) >= 11 is 0. The number of halogens is 3. The molecule has 0 spiro atoms. The molecule has 72 heavy (non-hydrogen) atoms. The summed E-state index contributed by atoms with van der Waals surface area (Å²) in [5.74, 6) is 0. The average molecular weight is 1110 g/mol. The monoisotopic (exact) mass is 1110 g/mol. The van der Waals surface area contributed by atoms with Gasteiger partial charge in [0.1, 0.15) is 0 Å². The summed E-state index contributed by atoms with van der Waals surface area (Å²) in [6, 6.07) is 27.6. The molecule has 4 aromatic carbocycles. The van der Waals surface area contributed by atoms with Crippen LogP contribution in [0.25, 0.3) is 24.3 Å². The van der Waals surface area contributed by atoms with Gasteiger partial charge in [0.2, 0.25) is 0 Å². The quantitative estimate of drug-likeness (QED) is 0.0336. The van der Waals surface area contributed by atoms with Gasteiger partial charge in [-0.3, -0.25) is 60.1 Å². The van der Waals surface area contributed by atoms with Crippen molar-refractivity contribution in [2.24, 2.45) is 0 Å². The van der Waals surface area contributed by atoms with Crippen LogP contribution in [0, 0.1) is 51.8 Å². The number of benzene rings is 4. The van der Waals surface area contributed by atoms with Gasteiger partial charge in [-0.05, 0) is 70.8 Å². The third-order valence-electron chi connectivity index (χ3n) is 10.3. The van der Waals surface area contributed by atoms with Crippen molar-refractivity contribution in [2.75, 3.05) is 78.5 Å². The van der Waals surface area contributed by atoms with Crippen LogP contribution >= 0.6 is 0 Å². The first kappa shape index (κ1) is 61.3. The van der Waals surface area contributed by atoms with E-state index in [-0.39, 0.29) is 45.1 Å². The Balaban J connectivity index is 0.00000133. The summed E-state index contributed by atoms with van der Waals surface area (Å²) in [5.41, 5.74) is -2.00. The Morgan fingerprint density at radius 2 is 0.639 bits per heavy atom. The smallest absolute Gasteiger partial charge is 0.741 e. The summed E-state index contributed by atoms with van der Waals surface area (Å²) in [6.45, 7) is 10.2. The van der Waals surface area contributed by atoms with Crippen molar-refractivity contribution in [2.45, 2.75) is 12.4 Å². The van der Waals surface area contributed by atoms with Gasteiger partial charge in [0.25, 0.3) is 22.7 Å². The van der Waals surface area contributed by atoms with Crippen molar-refractivity contribution >= 4 is 57.2 Å². The number of alkyl halides is 3. The maximum Gasteiger partial charge on any atom is 1.00 e. The number of nitrogens with zero attached hydrogens (tertiary/aromatic N) is 9. The Morgan fingerprint density at radius 3 is 0.764 bits per heavy atom. The SMILES string of the molecule is CC#N.O=S(=O)([O-])C(F)(F)F.O=[N+]([O-])c1ccc(/C=C/CN2CCN(C/C=C/c3ccc([N+](=O)[O-])cc3)CCN(C/C=C/c3ccc([N+](=O)[O-])cc3)CCN(C/C=C/c3ccc([N+](=O)[O-])cc3)CC2)cc1.[Ag+]. The van der Waals surface area contributed by atoms with E-state index in [1.807, 2.05) is 24.3 Å². The van der Waals surface area contributed by atoms with E-state index in [4.69, 9.17) is 18.2 Å². The van der Waals surface area contributed by atoms with Gasteiger partial charge in [-0.2, -0.15) is 18.4 Å². The van der Waals surface area contributed by atoms with Gasteiger partial charge < -0.3 is 4.55 Å². The first-order valence-corrected chi connectivity index (χ1v) is 23.0. The third-order valence-corrected chi connectivity index (χ3v) is 10.9. The van der Waals surface area contributed by atoms with Crippen LogP contribution in [0.1, 0.15) is 29.2 Å². The summed E-state index contributed by atoms with van der Waals surface area (Å²) in [5, 5.41) is 51.8. The zero-order valence-corrected chi connectivity index (χ0v) is 41.0.